The zero-order valence-electron chi connectivity index (χ0n) is 14.7. The number of thioether (sulfide) groups is 1. The van der Waals surface area contributed by atoms with Gasteiger partial charge in [-0.15, -0.1) is 10.2 Å². The van der Waals surface area contributed by atoms with E-state index in [1.807, 2.05) is 70.2 Å². The molecule has 25 heavy (non-hydrogen) atoms. The largest absolute Gasteiger partial charge is 0.411 e. The number of benzene rings is 2. The van der Waals surface area contributed by atoms with Crippen LogP contribution in [0.2, 0.25) is 0 Å². The first-order valence-electron chi connectivity index (χ1n) is 8.12. The highest BCUT2D eigenvalue weighted by molar-refractivity contribution is 8.00. The highest BCUT2D eigenvalue weighted by Gasteiger charge is 2.20. The number of carbonyl (C=O) groups is 1. The van der Waals surface area contributed by atoms with Gasteiger partial charge in [0.05, 0.1) is 5.25 Å². The Morgan fingerprint density at radius 2 is 1.72 bits per heavy atom. The van der Waals surface area contributed by atoms with Crippen LogP contribution >= 0.6 is 11.8 Å². The Kier molecular flexibility index (Phi) is 5.04. The number of hydrogen-bond acceptors (Lipinski definition) is 5. The van der Waals surface area contributed by atoms with Gasteiger partial charge in [0.25, 0.3) is 5.22 Å². The fourth-order valence-electron chi connectivity index (χ4n) is 2.40. The zero-order chi connectivity index (χ0) is 18.0. The van der Waals surface area contributed by atoms with Gasteiger partial charge in [0.1, 0.15) is 0 Å². The molecule has 0 aliphatic heterocycles. The van der Waals surface area contributed by atoms with E-state index in [-0.39, 0.29) is 11.0 Å². The lowest BCUT2D eigenvalue weighted by molar-refractivity contribution is 0.0993. The van der Waals surface area contributed by atoms with Crippen molar-refractivity contribution in [1.82, 2.24) is 10.2 Å². The van der Waals surface area contributed by atoms with E-state index in [0.29, 0.717) is 16.7 Å². The number of aromatic nitrogens is 2. The first kappa shape index (κ1) is 17.4. The average Bonchev–Trinajstić information content (AvgIpc) is 3.05. The quantitative estimate of drug-likeness (QED) is 0.476. The predicted octanol–water partition coefficient (Wildman–Crippen LogP) is 5.03. The fourth-order valence-corrected chi connectivity index (χ4v) is 3.16. The minimum atomic E-state index is -0.298. The lowest BCUT2D eigenvalue weighted by Crippen LogP contribution is -2.13. The molecule has 2 aromatic carbocycles. The van der Waals surface area contributed by atoms with Crippen LogP contribution in [0, 0.1) is 20.8 Å². The second-order valence-corrected chi connectivity index (χ2v) is 7.45. The van der Waals surface area contributed by atoms with Gasteiger partial charge in [-0.2, -0.15) is 0 Å². The molecule has 0 bridgehead atoms. The molecule has 1 aromatic heterocycles. The Morgan fingerprint density at radius 1 is 1.00 bits per heavy atom. The van der Waals surface area contributed by atoms with Gasteiger partial charge in [0, 0.05) is 11.1 Å². The summed E-state index contributed by atoms with van der Waals surface area (Å²) >= 11 is 1.29. The number of ketones is 1. The van der Waals surface area contributed by atoms with Crippen molar-refractivity contribution in [3.05, 3.63) is 64.7 Å². The topological polar surface area (TPSA) is 56.0 Å². The summed E-state index contributed by atoms with van der Waals surface area (Å²) in [6, 6.07) is 13.7. The number of aryl methyl sites for hydroxylation is 3. The van der Waals surface area contributed by atoms with Crippen LogP contribution in [-0.2, 0) is 0 Å². The maximum absolute atomic E-state index is 12.6. The van der Waals surface area contributed by atoms with Crippen LogP contribution in [0.1, 0.15) is 34.0 Å². The SMILES string of the molecule is Cc1ccc(-c2nnc(S[C@@H](C)C(=O)c3ccc(C)c(C)c3)o2)cc1. The van der Waals surface area contributed by atoms with Crippen molar-refractivity contribution in [2.75, 3.05) is 0 Å². The van der Waals surface area contributed by atoms with E-state index in [1.165, 1.54) is 22.9 Å². The standard InChI is InChI=1S/C20H20N2O2S/c1-12-5-8-16(9-6-12)19-21-22-20(24-19)25-15(4)18(23)17-10-7-13(2)14(3)11-17/h5-11,15H,1-4H3/t15-/m0/s1. The molecule has 0 aliphatic carbocycles. The minimum absolute atomic E-state index is 0.0585. The summed E-state index contributed by atoms with van der Waals surface area (Å²) in [6.45, 7) is 7.93. The molecule has 3 aromatic rings. The van der Waals surface area contributed by atoms with E-state index >= 15 is 0 Å². The lowest BCUT2D eigenvalue weighted by atomic mass is 10.0. The summed E-state index contributed by atoms with van der Waals surface area (Å²) in [6.07, 6.45) is 0. The zero-order valence-corrected chi connectivity index (χ0v) is 15.6. The van der Waals surface area contributed by atoms with E-state index < -0.39 is 0 Å². The second-order valence-electron chi connectivity index (χ2n) is 6.16. The Balaban J connectivity index is 1.72. The Morgan fingerprint density at radius 3 is 2.40 bits per heavy atom. The normalized spacial score (nSPS) is 12.2. The number of hydrogen-bond donors (Lipinski definition) is 0. The van der Waals surface area contributed by atoms with Gasteiger partial charge in [-0.05, 0) is 57.0 Å². The average molecular weight is 352 g/mol. The number of nitrogens with zero attached hydrogens (tertiary/aromatic N) is 2. The first-order chi connectivity index (χ1) is 11.9. The van der Waals surface area contributed by atoms with E-state index in [1.54, 1.807) is 0 Å². The number of Topliss-reactive ketones (excluding diaryl/α,β-unsaturated/α-hetero) is 1. The smallest absolute Gasteiger partial charge is 0.277 e. The van der Waals surface area contributed by atoms with Gasteiger partial charge in [0.2, 0.25) is 5.89 Å². The third-order valence-electron chi connectivity index (χ3n) is 4.14. The predicted molar refractivity (Wildman–Crippen MR) is 100 cm³/mol. The van der Waals surface area contributed by atoms with Crippen molar-refractivity contribution in [1.29, 1.82) is 0 Å². The van der Waals surface area contributed by atoms with E-state index in [2.05, 4.69) is 10.2 Å². The van der Waals surface area contributed by atoms with E-state index in [9.17, 15) is 4.79 Å². The van der Waals surface area contributed by atoms with Crippen LogP contribution in [0.4, 0.5) is 0 Å². The van der Waals surface area contributed by atoms with Crippen LogP contribution in [0.15, 0.2) is 52.1 Å². The highest BCUT2D eigenvalue weighted by atomic mass is 32.2. The van der Waals surface area contributed by atoms with Gasteiger partial charge < -0.3 is 4.42 Å². The van der Waals surface area contributed by atoms with Gasteiger partial charge in [-0.1, -0.05) is 41.6 Å². The Hall–Kier alpha value is -2.40. The molecule has 1 heterocycles. The maximum atomic E-state index is 12.6. The minimum Gasteiger partial charge on any atom is -0.411 e. The molecule has 3 rings (SSSR count). The van der Waals surface area contributed by atoms with Crippen molar-refractivity contribution in [2.45, 2.75) is 38.2 Å². The summed E-state index contributed by atoms with van der Waals surface area (Å²) < 4.78 is 5.70. The van der Waals surface area contributed by atoms with Gasteiger partial charge in [0.15, 0.2) is 5.78 Å². The summed E-state index contributed by atoms with van der Waals surface area (Å²) in [5.74, 6) is 0.525. The third kappa shape index (κ3) is 3.99. The number of carbonyl (C=O) groups excluding carboxylic acids is 1. The highest BCUT2D eigenvalue weighted by Crippen LogP contribution is 2.28. The molecule has 0 unspecified atom stereocenters. The van der Waals surface area contributed by atoms with Crippen molar-refractivity contribution in [3.8, 4) is 11.5 Å². The Bertz CT molecular complexity index is 900. The fraction of sp³-hybridized carbons (Fsp3) is 0.250. The van der Waals surface area contributed by atoms with E-state index in [4.69, 9.17) is 4.42 Å². The van der Waals surface area contributed by atoms with Crippen LogP contribution in [-0.4, -0.2) is 21.2 Å². The summed E-state index contributed by atoms with van der Waals surface area (Å²) in [4.78, 5) is 12.6. The molecule has 0 radical (unpaired) electrons. The summed E-state index contributed by atoms with van der Waals surface area (Å²) in [5.41, 5.74) is 5.05. The molecule has 5 heteroatoms. The maximum Gasteiger partial charge on any atom is 0.277 e. The molecule has 0 spiro atoms. The first-order valence-corrected chi connectivity index (χ1v) is 9.00. The molecule has 128 valence electrons. The van der Waals surface area contributed by atoms with Crippen molar-refractivity contribution in [2.24, 2.45) is 0 Å². The monoisotopic (exact) mass is 352 g/mol. The van der Waals surface area contributed by atoms with E-state index in [0.717, 1.165) is 11.1 Å². The molecule has 0 N–H and O–H groups in total. The molecule has 0 aliphatic rings. The summed E-state index contributed by atoms with van der Waals surface area (Å²) in [7, 11) is 0. The second kappa shape index (κ2) is 7.23. The van der Waals surface area contributed by atoms with Crippen LogP contribution < -0.4 is 0 Å². The molecule has 0 fully saturated rings. The van der Waals surface area contributed by atoms with Crippen LogP contribution in [0.3, 0.4) is 0 Å². The molecule has 0 saturated carbocycles. The molecule has 4 nitrogen and oxygen atoms in total. The molecular formula is C20H20N2O2S. The van der Waals surface area contributed by atoms with Crippen molar-refractivity contribution in [3.63, 3.8) is 0 Å². The number of rotatable bonds is 5. The molecule has 0 saturated heterocycles. The van der Waals surface area contributed by atoms with Crippen molar-refractivity contribution < 1.29 is 9.21 Å². The molecule has 0 amide bonds. The summed E-state index contributed by atoms with van der Waals surface area (Å²) in [5, 5.41) is 8.24. The van der Waals surface area contributed by atoms with Gasteiger partial charge in [-0.25, -0.2) is 0 Å². The van der Waals surface area contributed by atoms with Crippen LogP contribution in [0.5, 0.6) is 0 Å². The van der Waals surface area contributed by atoms with Gasteiger partial charge in [-0.3, -0.25) is 4.79 Å². The third-order valence-corrected chi connectivity index (χ3v) is 5.08. The van der Waals surface area contributed by atoms with Crippen molar-refractivity contribution >= 4 is 17.5 Å². The Labute approximate surface area is 151 Å². The van der Waals surface area contributed by atoms with Crippen LogP contribution in [0.25, 0.3) is 11.5 Å². The molecular weight excluding hydrogens is 332 g/mol. The molecule has 1 atom stereocenters. The lowest BCUT2D eigenvalue weighted by Gasteiger charge is -2.09. The van der Waals surface area contributed by atoms with Gasteiger partial charge >= 0.3 is 0 Å².